The topological polar surface area (TPSA) is 49.4 Å². The second-order valence-corrected chi connectivity index (χ2v) is 7.86. The van der Waals surface area contributed by atoms with E-state index in [1.165, 1.54) is 0 Å². The van der Waals surface area contributed by atoms with Gasteiger partial charge in [0.2, 0.25) is 11.8 Å². The summed E-state index contributed by atoms with van der Waals surface area (Å²) in [5.41, 5.74) is 3.48. The van der Waals surface area contributed by atoms with E-state index in [0.717, 1.165) is 22.6 Å². The van der Waals surface area contributed by atoms with Gasteiger partial charge in [0.05, 0.1) is 11.8 Å². The van der Waals surface area contributed by atoms with Crippen LogP contribution in [0.5, 0.6) is 0 Å². The Morgan fingerprint density at radius 1 is 0.742 bits per heavy atom. The lowest BCUT2D eigenvalue weighted by atomic mass is 9.81. The number of amides is 2. The maximum atomic E-state index is 13.8. The Balaban J connectivity index is 1.62. The fourth-order valence-electron chi connectivity index (χ4n) is 3.97. The van der Waals surface area contributed by atoms with Gasteiger partial charge in [0.15, 0.2) is 0 Å². The molecular weight excluding hydrogens is 384 g/mol. The molecule has 0 saturated carbocycles. The molecule has 1 aliphatic carbocycles. The predicted octanol–water partition coefficient (Wildman–Crippen LogP) is 5.88. The van der Waals surface area contributed by atoms with E-state index in [9.17, 15) is 9.59 Å². The van der Waals surface area contributed by atoms with Crippen molar-refractivity contribution in [1.29, 1.82) is 0 Å². The second-order valence-electron chi connectivity index (χ2n) is 7.86. The number of anilines is 3. The lowest BCUT2D eigenvalue weighted by Gasteiger charge is -2.32. The highest BCUT2D eigenvalue weighted by Gasteiger charge is 2.37. The van der Waals surface area contributed by atoms with Gasteiger partial charge < -0.3 is 5.32 Å². The van der Waals surface area contributed by atoms with Crippen molar-refractivity contribution in [1.82, 2.24) is 0 Å². The van der Waals surface area contributed by atoms with Gasteiger partial charge in [-0.25, -0.2) is 0 Å². The van der Waals surface area contributed by atoms with Crippen LogP contribution in [0.15, 0.2) is 97.1 Å². The normalized spacial score (nSPS) is 17.7. The van der Waals surface area contributed by atoms with Crippen molar-refractivity contribution >= 4 is 28.9 Å². The van der Waals surface area contributed by atoms with Crippen LogP contribution in [0.1, 0.15) is 18.4 Å². The van der Waals surface area contributed by atoms with Gasteiger partial charge in [-0.1, -0.05) is 66.2 Å². The molecule has 2 amide bonds. The van der Waals surface area contributed by atoms with Gasteiger partial charge >= 0.3 is 0 Å². The number of nitrogens with zero attached hydrogens (tertiary/aromatic N) is 1. The molecule has 156 valence electrons. The lowest BCUT2D eigenvalue weighted by Crippen LogP contribution is -2.41. The largest absolute Gasteiger partial charge is 0.326 e. The monoisotopic (exact) mass is 410 g/mol. The minimum Gasteiger partial charge on any atom is -0.326 e. The van der Waals surface area contributed by atoms with E-state index in [4.69, 9.17) is 0 Å². The van der Waals surface area contributed by atoms with E-state index in [-0.39, 0.29) is 11.8 Å². The van der Waals surface area contributed by atoms with Crippen LogP contribution in [0.3, 0.4) is 0 Å². The van der Waals surface area contributed by atoms with Crippen LogP contribution in [0.25, 0.3) is 0 Å². The number of aryl methyl sites for hydroxylation is 1. The van der Waals surface area contributed by atoms with Crippen LogP contribution in [0.2, 0.25) is 0 Å². The minimum absolute atomic E-state index is 0.0641. The van der Waals surface area contributed by atoms with E-state index >= 15 is 0 Å². The third-order valence-electron chi connectivity index (χ3n) is 5.65. The van der Waals surface area contributed by atoms with Crippen molar-refractivity contribution in [3.05, 3.63) is 103 Å². The van der Waals surface area contributed by atoms with Gasteiger partial charge in [-0.15, -0.1) is 0 Å². The fourth-order valence-corrected chi connectivity index (χ4v) is 3.97. The first-order valence-electron chi connectivity index (χ1n) is 10.6. The van der Waals surface area contributed by atoms with Crippen LogP contribution < -0.4 is 10.2 Å². The summed E-state index contributed by atoms with van der Waals surface area (Å²) >= 11 is 0. The summed E-state index contributed by atoms with van der Waals surface area (Å²) in [6, 6.07) is 26.9. The van der Waals surface area contributed by atoms with Gasteiger partial charge in [0, 0.05) is 17.1 Å². The molecule has 0 bridgehead atoms. The molecule has 31 heavy (non-hydrogen) atoms. The van der Waals surface area contributed by atoms with Gasteiger partial charge in [-0.2, -0.15) is 0 Å². The van der Waals surface area contributed by atoms with E-state index in [0.29, 0.717) is 12.8 Å². The number of benzene rings is 3. The number of para-hydroxylation sites is 2. The van der Waals surface area contributed by atoms with Crippen molar-refractivity contribution in [2.75, 3.05) is 10.2 Å². The molecule has 2 unspecified atom stereocenters. The molecule has 2 atom stereocenters. The quantitative estimate of drug-likeness (QED) is 0.534. The van der Waals surface area contributed by atoms with Crippen molar-refractivity contribution < 1.29 is 9.59 Å². The molecule has 1 aliphatic rings. The van der Waals surface area contributed by atoms with Crippen LogP contribution >= 0.6 is 0 Å². The van der Waals surface area contributed by atoms with Crippen molar-refractivity contribution in [3.8, 4) is 0 Å². The Kier molecular flexibility index (Phi) is 6.27. The summed E-state index contributed by atoms with van der Waals surface area (Å²) < 4.78 is 0. The number of carbonyl (C=O) groups excluding carboxylic acids is 2. The fraction of sp³-hybridized carbons (Fsp3) is 0.185. The Hall–Kier alpha value is -3.66. The summed E-state index contributed by atoms with van der Waals surface area (Å²) in [5, 5.41) is 3.00. The van der Waals surface area contributed by atoms with Crippen molar-refractivity contribution in [2.24, 2.45) is 11.8 Å². The zero-order valence-corrected chi connectivity index (χ0v) is 17.6. The number of rotatable bonds is 5. The molecule has 0 aliphatic heterocycles. The highest BCUT2D eigenvalue weighted by molar-refractivity contribution is 6.05. The average molecular weight is 411 g/mol. The number of carbonyl (C=O) groups is 2. The molecule has 0 heterocycles. The highest BCUT2D eigenvalue weighted by Crippen LogP contribution is 2.34. The van der Waals surface area contributed by atoms with E-state index < -0.39 is 11.8 Å². The van der Waals surface area contributed by atoms with Gasteiger partial charge in [-0.05, 0) is 56.2 Å². The molecule has 0 radical (unpaired) electrons. The van der Waals surface area contributed by atoms with Gasteiger partial charge in [0.25, 0.3) is 0 Å². The summed E-state index contributed by atoms with van der Waals surface area (Å²) in [5.74, 6) is -1.04. The molecule has 3 aromatic rings. The van der Waals surface area contributed by atoms with Gasteiger partial charge in [-0.3, -0.25) is 14.5 Å². The van der Waals surface area contributed by atoms with E-state index in [1.807, 2.05) is 104 Å². The maximum Gasteiger partial charge on any atom is 0.235 e. The zero-order chi connectivity index (χ0) is 21.6. The van der Waals surface area contributed by atoms with Crippen LogP contribution in [0.4, 0.5) is 17.1 Å². The van der Waals surface area contributed by atoms with E-state index in [2.05, 4.69) is 5.32 Å². The molecule has 4 nitrogen and oxygen atoms in total. The Morgan fingerprint density at radius 3 is 1.81 bits per heavy atom. The molecule has 1 N–H and O–H groups in total. The molecule has 0 spiro atoms. The Morgan fingerprint density at radius 2 is 1.26 bits per heavy atom. The first-order valence-corrected chi connectivity index (χ1v) is 10.6. The standard InChI is InChI=1S/C27H26N2O2/c1-20-16-18-21(19-17-20)28-26(30)24-14-8-9-15-25(24)27(31)29(22-10-4-2-5-11-22)23-12-6-3-7-13-23/h2-13,16-19,24-25H,14-15H2,1H3,(H,28,30). The smallest absolute Gasteiger partial charge is 0.235 e. The molecule has 0 aromatic heterocycles. The first kappa shape index (κ1) is 20.6. The summed E-state index contributed by atoms with van der Waals surface area (Å²) in [4.78, 5) is 28.7. The van der Waals surface area contributed by atoms with Gasteiger partial charge in [0.1, 0.15) is 0 Å². The average Bonchev–Trinajstić information content (AvgIpc) is 2.82. The third kappa shape index (κ3) is 4.75. The first-order chi connectivity index (χ1) is 15.1. The number of hydrogen-bond donors (Lipinski definition) is 1. The summed E-state index contributed by atoms with van der Waals surface area (Å²) in [7, 11) is 0. The SMILES string of the molecule is Cc1ccc(NC(=O)C2CC=CCC2C(=O)N(c2ccccc2)c2ccccc2)cc1. The number of nitrogens with one attached hydrogen (secondary N) is 1. The second kappa shape index (κ2) is 9.43. The zero-order valence-electron chi connectivity index (χ0n) is 17.6. The summed E-state index contributed by atoms with van der Waals surface area (Å²) in [6.45, 7) is 2.01. The minimum atomic E-state index is -0.434. The van der Waals surface area contributed by atoms with Crippen LogP contribution in [-0.2, 0) is 9.59 Å². The Labute approximate surface area is 183 Å². The molecule has 3 aromatic carbocycles. The molecule has 4 rings (SSSR count). The number of allylic oxidation sites excluding steroid dienone is 2. The Bertz CT molecular complexity index is 1020. The van der Waals surface area contributed by atoms with Crippen molar-refractivity contribution in [2.45, 2.75) is 19.8 Å². The maximum absolute atomic E-state index is 13.8. The lowest BCUT2D eigenvalue weighted by molar-refractivity contribution is -0.130. The number of hydrogen-bond acceptors (Lipinski definition) is 2. The van der Waals surface area contributed by atoms with E-state index in [1.54, 1.807) is 4.90 Å². The molecule has 0 saturated heterocycles. The van der Waals surface area contributed by atoms with Crippen LogP contribution in [0, 0.1) is 18.8 Å². The van der Waals surface area contributed by atoms with Crippen molar-refractivity contribution in [3.63, 3.8) is 0 Å². The molecule has 4 heteroatoms. The van der Waals surface area contributed by atoms with Crippen LogP contribution in [-0.4, -0.2) is 11.8 Å². The predicted molar refractivity (Wildman–Crippen MR) is 125 cm³/mol. The molecular formula is C27H26N2O2. The summed E-state index contributed by atoms with van der Waals surface area (Å²) in [6.07, 6.45) is 5.09. The third-order valence-corrected chi connectivity index (χ3v) is 5.65. The highest BCUT2D eigenvalue weighted by atomic mass is 16.2. The molecule has 0 fully saturated rings.